The van der Waals surface area contributed by atoms with Crippen LogP contribution in [0.4, 0.5) is 5.69 Å². The Morgan fingerprint density at radius 1 is 1.38 bits per heavy atom. The SMILES string of the molecule is CN(CC(=O)NC1CC1)C(=O)c1cc2cc(N)ccc2[nH]1. The lowest BCUT2D eigenvalue weighted by molar-refractivity contribution is -0.121. The van der Waals surface area contributed by atoms with E-state index in [9.17, 15) is 9.59 Å². The topological polar surface area (TPSA) is 91.2 Å². The zero-order valence-corrected chi connectivity index (χ0v) is 11.8. The molecule has 1 fully saturated rings. The zero-order chi connectivity index (χ0) is 15.0. The summed E-state index contributed by atoms with van der Waals surface area (Å²) in [5.74, 6) is -0.329. The number of nitrogen functional groups attached to an aromatic ring is 1. The number of amides is 2. The van der Waals surface area contributed by atoms with Gasteiger partial charge >= 0.3 is 0 Å². The van der Waals surface area contributed by atoms with E-state index in [1.54, 1.807) is 19.2 Å². The van der Waals surface area contributed by atoms with Gasteiger partial charge < -0.3 is 20.9 Å². The van der Waals surface area contributed by atoms with Gasteiger partial charge in [0, 0.05) is 29.7 Å². The standard InChI is InChI=1S/C15H18N4O2/c1-19(8-14(20)17-11-3-4-11)15(21)13-7-9-6-10(16)2-5-12(9)18-13/h2,5-7,11,18H,3-4,8,16H2,1H3,(H,17,20). The quantitative estimate of drug-likeness (QED) is 0.735. The highest BCUT2D eigenvalue weighted by atomic mass is 16.2. The number of hydrogen-bond donors (Lipinski definition) is 3. The number of carbonyl (C=O) groups excluding carboxylic acids is 2. The number of likely N-dealkylation sites (N-methyl/N-ethyl adjacent to an activating group) is 1. The van der Waals surface area contributed by atoms with Crippen LogP contribution in [-0.4, -0.2) is 41.3 Å². The van der Waals surface area contributed by atoms with E-state index in [-0.39, 0.29) is 18.4 Å². The summed E-state index contributed by atoms with van der Waals surface area (Å²) in [5.41, 5.74) is 7.68. The van der Waals surface area contributed by atoms with Crippen LogP contribution in [0, 0.1) is 0 Å². The minimum atomic E-state index is -0.212. The van der Waals surface area contributed by atoms with Gasteiger partial charge in [0.1, 0.15) is 5.69 Å². The van der Waals surface area contributed by atoms with Crippen LogP contribution in [-0.2, 0) is 4.79 Å². The molecular weight excluding hydrogens is 268 g/mol. The number of carbonyl (C=O) groups is 2. The van der Waals surface area contributed by atoms with Crippen molar-refractivity contribution in [1.82, 2.24) is 15.2 Å². The third-order valence-electron chi connectivity index (χ3n) is 3.55. The van der Waals surface area contributed by atoms with E-state index in [0.29, 0.717) is 17.4 Å². The number of H-pyrrole nitrogens is 1. The third-order valence-corrected chi connectivity index (χ3v) is 3.55. The zero-order valence-electron chi connectivity index (χ0n) is 11.8. The van der Waals surface area contributed by atoms with Gasteiger partial charge in [-0.05, 0) is 37.1 Å². The van der Waals surface area contributed by atoms with Crippen LogP contribution >= 0.6 is 0 Å². The molecule has 110 valence electrons. The van der Waals surface area contributed by atoms with Crippen LogP contribution in [0.3, 0.4) is 0 Å². The second kappa shape index (κ2) is 5.12. The molecule has 0 atom stereocenters. The van der Waals surface area contributed by atoms with E-state index >= 15 is 0 Å². The molecule has 6 heteroatoms. The predicted octanol–water partition coefficient (Wildman–Crippen LogP) is 1.10. The molecule has 1 aromatic carbocycles. The summed E-state index contributed by atoms with van der Waals surface area (Å²) in [5, 5.41) is 3.75. The fourth-order valence-corrected chi connectivity index (χ4v) is 2.26. The number of fused-ring (bicyclic) bond motifs is 1. The van der Waals surface area contributed by atoms with E-state index in [1.807, 2.05) is 12.1 Å². The van der Waals surface area contributed by atoms with E-state index in [0.717, 1.165) is 23.7 Å². The van der Waals surface area contributed by atoms with Crippen LogP contribution in [0.1, 0.15) is 23.3 Å². The highest BCUT2D eigenvalue weighted by Gasteiger charge is 2.24. The fraction of sp³-hybridized carbons (Fsp3) is 0.333. The molecule has 0 unspecified atom stereocenters. The molecule has 1 aliphatic carbocycles. The van der Waals surface area contributed by atoms with Crippen molar-refractivity contribution in [1.29, 1.82) is 0 Å². The number of hydrogen-bond acceptors (Lipinski definition) is 3. The number of benzene rings is 1. The first-order valence-corrected chi connectivity index (χ1v) is 6.96. The van der Waals surface area contributed by atoms with Gasteiger partial charge in [0.25, 0.3) is 5.91 Å². The average molecular weight is 286 g/mol. The second-order valence-corrected chi connectivity index (χ2v) is 5.53. The summed E-state index contributed by atoms with van der Waals surface area (Å²) in [7, 11) is 1.62. The number of rotatable bonds is 4. The van der Waals surface area contributed by atoms with Gasteiger partial charge in [0.2, 0.25) is 5.91 Å². The lowest BCUT2D eigenvalue weighted by Crippen LogP contribution is -2.39. The smallest absolute Gasteiger partial charge is 0.270 e. The Morgan fingerprint density at radius 2 is 2.14 bits per heavy atom. The molecule has 21 heavy (non-hydrogen) atoms. The maximum Gasteiger partial charge on any atom is 0.270 e. The van der Waals surface area contributed by atoms with Crippen LogP contribution < -0.4 is 11.1 Å². The molecule has 0 bridgehead atoms. The Morgan fingerprint density at radius 3 is 2.86 bits per heavy atom. The Labute approximate surface area is 122 Å². The maximum absolute atomic E-state index is 12.3. The number of aromatic amines is 1. The van der Waals surface area contributed by atoms with Crippen LogP contribution in [0.5, 0.6) is 0 Å². The van der Waals surface area contributed by atoms with Crippen molar-refractivity contribution in [3.63, 3.8) is 0 Å². The molecule has 3 rings (SSSR count). The molecule has 1 saturated carbocycles. The van der Waals surface area contributed by atoms with Gasteiger partial charge in [-0.25, -0.2) is 0 Å². The number of nitrogens with two attached hydrogens (primary N) is 1. The van der Waals surface area contributed by atoms with Gasteiger partial charge in [-0.1, -0.05) is 0 Å². The Balaban J connectivity index is 1.71. The van der Waals surface area contributed by atoms with Crippen molar-refractivity contribution < 1.29 is 9.59 Å². The number of nitrogens with zero attached hydrogens (tertiary/aromatic N) is 1. The average Bonchev–Trinajstić information content (AvgIpc) is 3.14. The van der Waals surface area contributed by atoms with E-state index in [2.05, 4.69) is 10.3 Å². The van der Waals surface area contributed by atoms with E-state index < -0.39 is 0 Å². The summed E-state index contributed by atoms with van der Waals surface area (Å²) in [6, 6.07) is 7.48. The first kappa shape index (κ1) is 13.5. The molecule has 2 aromatic rings. The van der Waals surface area contributed by atoms with Crippen molar-refractivity contribution in [2.45, 2.75) is 18.9 Å². The maximum atomic E-state index is 12.3. The number of anilines is 1. The molecule has 2 amide bonds. The van der Waals surface area contributed by atoms with Gasteiger partial charge in [-0.2, -0.15) is 0 Å². The first-order valence-electron chi connectivity index (χ1n) is 6.96. The minimum absolute atomic E-state index is 0.0623. The van der Waals surface area contributed by atoms with Gasteiger partial charge in [-0.15, -0.1) is 0 Å². The van der Waals surface area contributed by atoms with Gasteiger partial charge in [0.05, 0.1) is 6.54 Å². The second-order valence-electron chi connectivity index (χ2n) is 5.53. The van der Waals surface area contributed by atoms with Crippen molar-refractivity contribution in [3.8, 4) is 0 Å². The number of aromatic nitrogens is 1. The van der Waals surface area contributed by atoms with Gasteiger partial charge in [-0.3, -0.25) is 9.59 Å². The molecule has 0 radical (unpaired) electrons. The van der Waals surface area contributed by atoms with Crippen molar-refractivity contribution in [3.05, 3.63) is 30.0 Å². The van der Waals surface area contributed by atoms with Crippen molar-refractivity contribution in [2.24, 2.45) is 0 Å². The Bertz CT molecular complexity index is 703. The van der Waals surface area contributed by atoms with Gasteiger partial charge in [0.15, 0.2) is 0 Å². The minimum Gasteiger partial charge on any atom is -0.399 e. The lowest BCUT2D eigenvalue weighted by atomic mass is 10.2. The molecule has 1 aliphatic rings. The molecule has 1 aromatic heterocycles. The number of nitrogens with one attached hydrogen (secondary N) is 2. The Kier molecular flexibility index (Phi) is 3.29. The van der Waals surface area contributed by atoms with E-state index in [4.69, 9.17) is 5.73 Å². The largest absolute Gasteiger partial charge is 0.399 e. The normalized spacial score (nSPS) is 14.1. The van der Waals surface area contributed by atoms with Crippen molar-refractivity contribution >= 4 is 28.4 Å². The monoisotopic (exact) mass is 286 g/mol. The van der Waals surface area contributed by atoms with Crippen molar-refractivity contribution in [2.75, 3.05) is 19.3 Å². The summed E-state index contributed by atoms with van der Waals surface area (Å²) in [6.45, 7) is 0.0623. The predicted molar refractivity (Wildman–Crippen MR) is 80.8 cm³/mol. The summed E-state index contributed by atoms with van der Waals surface area (Å²) in [4.78, 5) is 28.5. The fourth-order valence-electron chi connectivity index (χ4n) is 2.26. The highest BCUT2D eigenvalue weighted by molar-refractivity contribution is 5.99. The summed E-state index contributed by atoms with van der Waals surface area (Å²) >= 11 is 0. The van der Waals surface area contributed by atoms with Crippen LogP contribution in [0.15, 0.2) is 24.3 Å². The highest BCUT2D eigenvalue weighted by Crippen LogP contribution is 2.20. The molecule has 6 nitrogen and oxygen atoms in total. The molecular formula is C15H18N4O2. The summed E-state index contributed by atoms with van der Waals surface area (Å²) in [6.07, 6.45) is 2.07. The molecule has 4 N–H and O–H groups in total. The molecule has 0 spiro atoms. The lowest BCUT2D eigenvalue weighted by Gasteiger charge is -2.15. The van der Waals surface area contributed by atoms with E-state index in [1.165, 1.54) is 4.90 Å². The van der Waals surface area contributed by atoms with Crippen LogP contribution in [0.2, 0.25) is 0 Å². The molecule has 1 heterocycles. The van der Waals surface area contributed by atoms with Crippen LogP contribution in [0.25, 0.3) is 10.9 Å². The molecule has 0 aliphatic heterocycles. The molecule has 0 saturated heterocycles. The Hall–Kier alpha value is -2.50. The first-order chi connectivity index (χ1) is 10.0. The third kappa shape index (κ3) is 2.99. The summed E-state index contributed by atoms with van der Waals surface area (Å²) < 4.78 is 0.